The monoisotopic (exact) mass is 340 g/mol. The summed E-state index contributed by atoms with van der Waals surface area (Å²) in [6.45, 7) is 0. The van der Waals surface area contributed by atoms with Gasteiger partial charge in [0.05, 0.1) is 12.4 Å². The third-order valence-corrected chi connectivity index (χ3v) is 5.11. The Morgan fingerprint density at radius 1 is 1.04 bits per heavy atom. The van der Waals surface area contributed by atoms with E-state index >= 15 is 0 Å². The van der Waals surface area contributed by atoms with Gasteiger partial charge in [-0.2, -0.15) is 0 Å². The lowest BCUT2D eigenvalue weighted by molar-refractivity contribution is 0.571. The fourth-order valence-corrected chi connectivity index (χ4v) is 3.88. The van der Waals surface area contributed by atoms with Crippen molar-refractivity contribution in [2.45, 2.75) is 31.7 Å². The second kappa shape index (κ2) is 6.40. The number of fused-ring (bicyclic) bond motifs is 1. The lowest BCUT2D eigenvalue weighted by Crippen LogP contribution is -2.14. The first-order chi connectivity index (χ1) is 11.7. The zero-order valence-corrected chi connectivity index (χ0v) is 14.0. The smallest absolute Gasteiger partial charge is 0.128 e. The van der Waals surface area contributed by atoms with Crippen LogP contribution < -0.4 is 0 Å². The van der Waals surface area contributed by atoms with Crippen molar-refractivity contribution in [1.82, 2.24) is 9.55 Å². The lowest BCUT2D eigenvalue weighted by atomic mass is 9.87. The molecular weight excluding hydrogens is 323 g/mol. The summed E-state index contributed by atoms with van der Waals surface area (Å²) >= 11 is 6.62. The Labute approximate surface area is 145 Å². The minimum absolute atomic E-state index is 0.231. The molecule has 4 rings (SSSR count). The quantitative estimate of drug-likeness (QED) is 0.641. The summed E-state index contributed by atoms with van der Waals surface area (Å²) in [6.07, 6.45) is 9.82. The van der Waals surface area contributed by atoms with Crippen LogP contribution in [0.3, 0.4) is 0 Å². The number of rotatable bonds is 3. The van der Waals surface area contributed by atoms with E-state index in [1.807, 2.05) is 22.9 Å². The number of imidazole rings is 1. The van der Waals surface area contributed by atoms with Crippen LogP contribution in [0.4, 0.5) is 4.39 Å². The van der Waals surface area contributed by atoms with E-state index in [0.29, 0.717) is 10.6 Å². The highest BCUT2D eigenvalue weighted by atomic mass is 35.5. The Morgan fingerprint density at radius 2 is 1.79 bits per heavy atom. The molecule has 24 heavy (non-hydrogen) atoms. The molecule has 1 aliphatic carbocycles. The van der Waals surface area contributed by atoms with E-state index in [4.69, 9.17) is 11.6 Å². The van der Waals surface area contributed by atoms with Crippen molar-refractivity contribution in [3.05, 3.63) is 88.2 Å². The maximum absolute atomic E-state index is 14.5. The fraction of sp³-hybridized carbons (Fsp3) is 0.250. The summed E-state index contributed by atoms with van der Waals surface area (Å²) in [5.74, 6) is -0.231. The minimum atomic E-state index is -0.312. The van der Waals surface area contributed by atoms with Gasteiger partial charge in [0.15, 0.2) is 0 Å². The molecule has 0 saturated heterocycles. The Bertz CT molecular complexity index is 858. The largest absolute Gasteiger partial charge is 0.326 e. The topological polar surface area (TPSA) is 17.8 Å². The molecule has 0 amide bonds. The molecule has 1 aliphatic rings. The minimum Gasteiger partial charge on any atom is -0.326 e. The predicted molar refractivity (Wildman–Crippen MR) is 94.0 cm³/mol. The van der Waals surface area contributed by atoms with E-state index in [1.54, 1.807) is 18.6 Å². The third-order valence-electron chi connectivity index (χ3n) is 4.78. The first-order valence-electron chi connectivity index (χ1n) is 8.27. The summed E-state index contributed by atoms with van der Waals surface area (Å²) in [5.41, 5.74) is 4.20. The van der Waals surface area contributed by atoms with Crippen LogP contribution in [0.15, 0.2) is 55.1 Å². The maximum atomic E-state index is 14.5. The molecule has 0 saturated carbocycles. The van der Waals surface area contributed by atoms with Crippen molar-refractivity contribution in [3.8, 4) is 0 Å². The van der Waals surface area contributed by atoms with Crippen molar-refractivity contribution in [1.29, 1.82) is 0 Å². The molecule has 0 spiro atoms. The van der Waals surface area contributed by atoms with Gasteiger partial charge in [-0.25, -0.2) is 9.37 Å². The van der Waals surface area contributed by atoms with E-state index in [0.717, 1.165) is 18.4 Å². The van der Waals surface area contributed by atoms with Crippen LogP contribution in [0.25, 0.3) is 0 Å². The molecule has 4 heteroatoms. The van der Waals surface area contributed by atoms with E-state index in [2.05, 4.69) is 17.1 Å². The molecular formula is C20H18ClFN2. The van der Waals surface area contributed by atoms with Gasteiger partial charge in [0.25, 0.3) is 0 Å². The average molecular weight is 341 g/mol. The van der Waals surface area contributed by atoms with Gasteiger partial charge in [-0.05, 0) is 54.5 Å². The summed E-state index contributed by atoms with van der Waals surface area (Å²) in [4.78, 5) is 4.14. The second-order valence-corrected chi connectivity index (χ2v) is 6.69. The van der Waals surface area contributed by atoms with Gasteiger partial charge >= 0.3 is 0 Å². The fourth-order valence-electron chi connectivity index (χ4n) is 3.59. The molecule has 1 unspecified atom stereocenters. The Balaban J connectivity index is 1.90. The molecule has 1 aromatic heterocycles. The van der Waals surface area contributed by atoms with E-state index in [9.17, 15) is 4.39 Å². The van der Waals surface area contributed by atoms with Gasteiger partial charge in [-0.15, -0.1) is 0 Å². The summed E-state index contributed by atoms with van der Waals surface area (Å²) < 4.78 is 16.4. The zero-order chi connectivity index (χ0) is 16.5. The Hall–Kier alpha value is -2.13. The van der Waals surface area contributed by atoms with Gasteiger partial charge in [-0.1, -0.05) is 35.9 Å². The van der Waals surface area contributed by atoms with Crippen LogP contribution in [0.5, 0.6) is 0 Å². The van der Waals surface area contributed by atoms with Crippen molar-refractivity contribution in [2.24, 2.45) is 0 Å². The van der Waals surface area contributed by atoms with Gasteiger partial charge in [0.1, 0.15) is 5.82 Å². The van der Waals surface area contributed by atoms with Gasteiger partial charge in [0.2, 0.25) is 0 Å². The first-order valence-corrected chi connectivity index (χ1v) is 8.65. The molecule has 122 valence electrons. The van der Waals surface area contributed by atoms with Crippen LogP contribution in [-0.4, -0.2) is 9.55 Å². The molecule has 2 nitrogen and oxygen atoms in total. The van der Waals surface area contributed by atoms with Gasteiger partial charge in [-0.3, -0.25) is 0 Å². The first kappa shape index (κ1) is 15.4. The number of nitrogens with zero attached hydrogens (tertiary/aromatic N) is 2. The predicted octanol–water partition coefficient (Wildman–Crippen LogP) is 5.19. The maximum Gasteiger partial charge on any atom is 0.128 e. The molecule has 0 aliphatic heterocycles. The molecule has 3 aromatic rings. The van der Waals surface area contributed by atoms with Crippen molar-refractivity contribution >= 4 is 11.6 Å². The number of benzene rings is 2. The molecule has 0 bridgehead atoms. The highest BCUT2D eigenvalue weighted by Gasteiger charge is 2.24. The standard InChI is InChI=1S/C20H18ClFN2/c21-18-12-15-6-2-1-5-14(15)11-17(18)20(24-10-9-23-13-24)16-7-3-4-8-19(16)22/h3-4,7-13,20H,1-2,5-6H2. The van der Waals surface area contributed by atoms with Gasteiger partial charge in [0, 0.05) is 23.0 Å². The van der Waals surface area contributed by atoms with Crippen LogP contribution >= 0.6 is 11.6 Å². The average Bonchev–Trinajstić information content (AvgIpc) is 3.11. The van der Waals surface area contributed by atoms with Crippen LogP contribution in [0.1, 0.15) is 41.1 Å². The SMILES string of the molecule is Fc1ccccc1C(c1cc2c(cc1Cl)CCCC2)n1ccnc1. The summed E-state index contributed by atoms with van der Waals surface area (Å²) in [5, 5.41) is 0.692. The highest BCUT2D eigenvalue weighted by molar-refractivity contribution is 6.31. The summed E-state index contributed by atoms with van der Waals surface area (Å²) in [7, 11) is 0. The van der Waals surface area contributed by atoms with E-state index in [1.165, 1.54) is 30.0 Å². The molecule has 2 aromatic carbocycles. The van der Waals surface area contributed by atoms with Crippen LogP contribution in [0.2, 0.25) is 5.02 Å². The molecule has 1 atom stereocenters. The third kappa shape index (κ3) is 2.73. The number of hydrogen-bond acceptors (Lipinski definition) is 1. The molecule has 0 fully saturated rings. The Kier molecular flexibility index (Phi) is 4.11. The lowest BCUT2D eigenvalue weighted by Gasteiger charge is -2.24. The van der Waals surface area contributed by atoms with Crippen molar-refractivity contribution in [2.75, 3.05) is 0 Å². The van der Waals surface area contributed by atoms with Crippen molar-refractivity contribution < 1.29 is 4.39 Å². The zero-order valence-electron chi connectivity index (χ0n) is 13.3. The number of halogens is 2. The highest BCUT2D eigenvalue weighted by Crippen LogP contribution is 2.36. The Morgan fingerprint density at radius 3 is 2.50 bits per heavy atom. The second-order valence-electron chi connectivity index (χ2n) is 6.28. The molecule has 0 radical (unpaired) electrons. The van der Waals surface area contributed by atoms with Crippen LogP contribution in [-0.2, 0) is 12.8 Å². The van der Waals surface area contributed by atoms with Gasteiger partial charge < -0.3 is 4.57 Å². The number of aryl methyl sites for hydroxylation is 2. The normalized spacial score (nSPS) is 15.1. The van der Waals surface area contributed by atoms with E-state index in [-0.39, 0.29) is 11.9 Å². The van der Waals surface area contributed by atoms with E-state index < -0.39 is 0 Å². The molecule has 0 N–H and O–H groups in total. The van der Waals surface area contributed by atoms with Crippen LogP contribution in [0, 0.1) is 5.82 Å². The number of aromatic nitrogens is 2. The molecule has 1 heterocycles. The number of hydrogen-bond donors (Lipinski definition) is 0. The van der Waals surface area contributed by atoms with Crippen molar-refractivity contribution in [3.63, 3.8) is 0 Å². The summed E-state index contributed by atoms with van der Waals surface area (Å²) in [6, 6.07) is 10.8.